The molecule has 0 radical (unpaired) electrons. The van der Waals surface area contributed by atoms with Gasteiger partial charge in [-0.15, -0.1) is 0 Å². The summed E-state index contributed by atoms with van der Waals surface area (Å²) in [5.74, 6) is 0.464. The van der Waals surface area contributed by atoms with Crippen LogP contribution in [0.15, 0.2) is 24.3 Å². The van der Waals surface area contributed by atoms with Gasteiger partial charge in [0.1, 0.15) is 0 Å². The number of aliphatic hydroxyl groups is 2. The second kappa shape index (κ2) is 6.27. The molecule has 17 heavy (non-hydrogen) atoms. The zero-order valence-corrected chi connectivity index (χ0v) is 10.00. The van der Waals surface area contributed by atoms with Gasteiger partial charge in [0.05, 0.1) is 19.3 Å². The van der Waals surface area contributed by atoms with Crippen molar-refractivity contribution in [3.05, 3.63) is 29.8 Å². The Morgan fingerprint density at radius 1 is 1.35 bits per heavy atom. The number of hydrogen-bond acceptors (Lipinski definition) is 4. The summed E-state index contributed by atoms with van der Waals surface area (Å²) in [6.45, 7) is 1.63. The number of ether oxygens (including phenoxy) is 1. The molecule has 0 fully saturated rings. The van der Waals surface area contributed by atoms with Crippen LogP contribution in [0.2, 0.25) is 0 Å². The third-order valence-corrected chi connectivity index (χ3v) is 2.30. The van der Waals surface area contributed by atoms with E-state index >= 15 is 0 Å². The van der Waals surface area contributed by atoms with Crippen molar-refractivity contribution in [1.29, 1.82) is 0 Å². The molecule has 0 aliphatic rings. The molecule has 0 aromatic heterocycles. The summed E-state index contributed by atoms with van der Waals surface area (Å²) < 4.78 is 4.97. The van der Waals surface area contributed by atoms with Gasteiger partial charge in [0.2, 0.25) is 0 Å². The van der Waals surface area contributed by atoms with Crippen molar-refractivity contribution in [2.75, 3.05) is 7.11 Å². The van der Waals surface area contributed by atoms with Crippen LogP contribution >= 0.6 is 0 Å². The van der Waals surface area contributed by atoms with Gasteiger partial charge in [0, 0.05) is 6.42 Å². The average Bonchev–Trinajstić information content (AvgIpc) is 2.27. The highest BCUT2D eigenvalue weighted by atomic mass is 16.5. The highest BCUT2D eigenvalue weighted by Gasteiger charge is 2.04. The van der Waals surface area contributed by atoms with Crippen LogP contribution in [0.25, 0.3) is 6.08 Å². The first-order valence-electron chi connectivity index (χ1n) is 5.44. The normalized spacial score (nSPS) is 14.8. The van der Waals surface area contributed by atoms with E-state index in [2.05, 4.69) is 0 Å². The Bertz CT molecular complexity index is 385. The maximum atomic E-state index is 9.53. The molecule has 0 bridgehead atoms. The lowest BCUT2D eigenvalue weighted by atomic mass is 10.1. The molecular weight excluding hydrogens is 220 g/mol. The summed E-state index contributed by atoms with van der Waals surface area (Å²) >= 11 is 0. The summed E-state index contributed by atoms with van der Waals surface area (Å²) in [7, 11) is 1.48. The Morgan fingerprint density at radius 2 is 2.06 bits per heavy atom. The van der Waals surface area contributed by atoms with E-state index in [-0.39, 0.29) is 5.75 Å². The van der Waals surface area contributed by atoms with E-state index in [4.69, 9.17) is 9.84 Å². The van der Waals surface area contributed by atoms with Gasteiger partial charge in [0.15, 0.2) is 11.5 Å². The van der Waals surface area contributed by atoms with Gasteiger partial charge in [-0.1, -0.05) is 18.2 Å². The molecule has 0 heterocycles. The number of phenols is 1. The Labute approximate surface area is 101 Å². The quantitative estimate of drug-likeness (QED) is 0.728. The van der Waals surface area contributed by atoms with Crippen molar-refractivity contribution in [1.82, 2.24) is 0 Å². The summed E-state index contributed by atoms with van der Waals surface area (Å²) in [4.78, 5) is 0. The SMILES string of the molecule is COc1cc(/C=C/C(O)CC(C)O)ccc1O. The molecule has 4 heteroatoms. The van der Waals surface area contributed by atoms with Crippen molar-refractivity contribution in [3.8, 4) is 11.5 Å². The molecule has 1 rings (SSSR count). The van der Waals surface area contributed by atoms with E-state index in [1.54, 1.807) is 31.2 Å². The molecule has 3 N–H and O–H groups in total. The minimum absolute atomic E-state index is 0.0779. The van der Waals surface area contributed by atoms with Crippen molar-refractivity contribution in [3.63, 3.8) is 0 Å². The third-order valence-electron chi connectivity index (χ3n) is 2.30. The van der Waals surface area contributed by atoms with Crippen LogP contribution in [0.1, 0.15) is 18.9 Å². The van der Waals surface area contributed by atoms with Crippen molar-refractivity contribution in [2.24, 2.45) is 0 Å². The number of methoxy groups -OCH3 is 1. The summed E-state index contributed by atoms with van der Waals surface area (Å²) in [6, 6.07) is 4.91. The first kappa shape index (κ1) is 13.5. The average molecular weight is 238 g/mol. The predicted molar refractivity (Wildman–Crippen MR) is 66.0 cm³/mol. The maximum Gasteiger partial charge on any atom is 0.161 e. The molecule has 4 nitrogen and oxygen atoms in total. The Hall–Kier alpha value is -1.52. The third kappa shape index (κ3) is 4.46. The van der Waals surface area contributed by atoms with Crippen LogP contribution in [-0.4, -0.2) is 34.6 Å². The fourth-order valence-electron chi connectivity index (χ4n) is 1.45. The van der Waals surface area contributed by atoms with Gasteiger partial charge in [-0.2, -0.15) is 0 Å². The summed E-state index contributed by atoms with van der Waals surface area (Å²) in [5.41, 5.74) is 0.810. The number of benzene rings is 1. The van der Waals surface area contributed by atoms with Crippen LogP contribution in [0.5, 0.6) is 11.5 Å². The van der Waals surface area contributed by atoms with Crippen molar-refractivity contribution >= 4 is 6.08 Å². The largest absolute Gasteiger partial charge is 0.504 e. The molecule has 0 aliphatic heterocycles. The Kier molecular flexibility index (Phi) is 5.00. The second-order valence-electron chi connectivity index (χ2n) is 3.94. The molecule has 0 aliphatic carbocycles. The van der Waals surface area contributed by atoms with Gasteiger partial charge < -0.3 is 20.1 Å². The van der Waals surface area contributed by atoms with Gasteiger partial charge in [-0.3, -0.25) is 0 Å². The van der Waals surface area contributed by atoms with E-state index < -0.39 is 12.2 Å². The molecule has 2 atom stereocenters. The molecule has 2 unspecified atom stereocenters. The summed E-state index contributed by atoms with van der Waals surface area (Å²) in [5, 5.41) is 28.0. The highest BCUT2D eigenvalue weighted by molar-refractivity contribution is 5.55. The number of phenolic OH excluding ortho intramolecular Hbond substituents is 1. The Morgan fingerprint density at radius 3 is 2.65 bits per heavy atom. The summed E-state index contributed by atoms with van der Waals surface area (Å²) in [6.07, 6.45) is 2.39. The van der Waals surface area contributed by atoms with Crippen LogP contribution in [-0.2, 0) is 0 Å². The number of hydrogen-bond donors (Lipinski definition) is 3. The van der Waals surface area contributed by atoms with Gasteiger partial charge in [0.25, 0.3) is 0 Å². The monoisotopic (exact) mass is 238 g/mol. The lowest BCUT2D eigenvalue weighted by Crippen LogP contribution is -2.11. The van der Waals surface area contributed by atoms with Crippen LogP contribution in [0.4, 0.5) is 0 Å². The second-order valence-corrected chi connectivity index (χ2v) is 3.94. The molecule has 1 aromatic rings. The molecule has 0 saturated heterocycles. The lowest BCUT2D eigenvalue weighted by molar-refractivity contribution is 0.117. The van der Waals surface area contributed by atoms with Gasteiger partial charge >= 0.3 is 0 Å². The maximum absolute atomic E-state index is 9.53. The number of rotatable bonds is 5. The molecule has 0 saturated carbocycles. The zero-order valence-electron chi connectivity index (χ0n) is 10.00. The van der Waals surface area contributed by atoms with E-state index in [9.17, 15) is 10.2 Å². The predicted octanol–water partition coefficient (Wildman–Crippen LogP) is 1.55. The molecule has 0 amide bonds. The molecular formula is C13H18O4. The van der Waals surface area contributed by atoms with E-state index in [1.165, 1.54) is 13.2 Å². The van der Waals surface area contributed by atoms with Gasteiger partial charge in [-0.05, 0) is 24.6 Å². The first-order chi connectivity index (χ1) is 8.02. The number of aliphatic hydroxyl groups excluding tert-OH is 2. The zero-order chi connectivity index (χ0) is 12.8. The lowest BCUT2D eigenvalue weighted by Gasteiger charge is -2.08. The molecule has 1 aromatic carbocycles. The van der Waals surface area contributed by atoms with E-state index in [0.29, 0.717) is 12.2 Å². The smallest absolute Gasteiger partial charge is 0.161 e. The number of aromatic hydroxyl groups is 1. The fraction of sp³-hybridized carbons (Fsp3) is 0.385. The van der Waals surface area contributed by atoms with E-state index in [0.717, 1.165) is 5.56 Å². The topological polar surface area (TPSA) is 69.9 Å². The van der Waals surface area contributed by atoms with Crippen molar-refractivity contribution < 1.29 is 20.1 Å². The standard InChI is InChI=1S/C13H18O4/c1-9(14)7-11(15)5-3-10-4-6-12(16)13(8-10)17-2/h3-6,8-9,11,14-16H,7H2,1-2H3/b5-3+. The van der Waals surface area contributed by atoms with E-state index in [1.807, 2.05) is 0 Å². The highest BCUT2D eigenvalue weighted by Crippen LogP contribution is 2.26. The molecule has 94 valence electrons. The van der Waals surface area contributed by atoms with Crippen LogP contribution in [0.3, 0.4) is 0 Å². The first-order valence-corrected chi connectivity index (χ1v) is 5.44. The minimum atomic E-state index is -0.685. The fourth-order valence-corrected chi connectivity index (χ4v) is 1.45. The van der Waals surface area contributed by atoms with Crippen molar-refractivity contribution in [2.45, 2.75) is 25.6 Å². The van der Waals surface area contributed by atoms with Crippen LogP contribution < -0.4 is 4.74 Å². The Balaban J connectivity index is 2.71. The van der Waals surface area contributed by atoms with Crippen LogP contribution in [0, 0.1) is 0 Å². The minimum Gasteiger partial charge on any atom is -0.504 e. The molecule has 0 spiro atoms. The van der Waals surface area contributed by atoms with Gasteiger partial charge in [-0.25, -0.2) is 0 Å².